The fraction of sp³-hybridized carbons (Fsp3) is 0.412. The summed E-state index contributed by atoms with van der Waals surface area (Å²) in [7, 11) is 0. The van der Waals surface area contributed by atoms with Gasteiger partial charge in [-0.1, -0.05) is 24.2 Å². The minimum atomic E-state index is -0.226. The second-order valence-corrected chi connectivity index (χ2v) is 5.44. The molecule has 1 aromatic heterocycles. The van der Waals surface area contributed by atoms with Crippen LogP contribution in [-0.4, -0.2) is 17.7 Å². The molecule has 0 radical (unpaired) electrons. The van der Waals surface area contributed by atoms with Gasteiger partial charge in [-0.3, -0.25) is 10.1 Å². The number of amides is 1. The van der Waals surface area contributed by atoms with Crippen LogP contribution >= 0.6 is 0 Å². The molecule has 1 N–H and O–H groups in total. The van der Waals surface area contributed by atoms with Crippen molar-refractivity contribution < 1.29 is 14.1 Å². The molecule has 0 atom stereocenters. The van der Waals surface area contributed by atoms with E-state index in [0.717, 1.165) is 43.4 Å². The van der Waals surface area contributed by atoms with Crippen molar-refractivity contribution in [2.24, 2.45) is 0 Å². The van der Waals surface area contributed by atoms with Gasteiger partial charge in [-0.25, -0.2) is 0 Å². The van der Waals surface area contributed by atoms with Crippen LogP contribution in [0.1, 0.15) is 47.8 Å². The molecule has 1 aliphatic carbocycles. The molecule has 116 valence electrons. The van der Waals surface area contributed by atoms with E-state index in [-0.39, 0.29) is 5.91 Å². The van der Waals surface area contributed by atoms with Gasteiger partial charge in [0.25, 0.3) is 5.91 Å². The monoisotopic (exact) mass is 300 g/mol. The second-order valence-electron chi connectivity index (χ2n) is 5.44. The number of hydrogen-bond acceptors (Lipinski definition) is 4. The number of aromatic nitrogens is 1. The number of anilines is 1. The van der Waals surface area contributed by atoms with Crippen LogP contribution in [-0.2, 0) is 12.8 Å². The number of benzene rings is 1. The van der Waals surface area contributed by atoms with Crippen LogP contribution in [0.3, 0.4) is 0 Å². The van der Waals surface area contributed by atoms with E-state index in [2.05, 4.69) is 10.5 Å². The zero-order chi connectivity index (χ0) is 15.4. The van der Waals surface area contributed by atoms with Crippen LogP contribution in [0.2, 0.25) is 0 Å². The van der Waals surface area contributed by atoms with Crippen molar-refractivity contribution in [2.75, 3.05) is 11.9 Å². The zero-order valence-electron chi connectivity index (χ0n) is 12.7. The number of nitrogens with zero attached hydrogens (tertiary/aromatic N) is 1. The van der Waals surface area contributed by atoms with Crippen LogP contribution < -0.4 is 10.1 Å². The molecule has 5 heteroatoms. The van der Waals surface area contributed by atoms with E-state index < -0.39 is 0 Å². The molecule has 0 spiro atoms. The van der Waals surface area contributed by atoms with E-state index in [1.807, 2.05) is 19.1 Å². The Labute approximate surface area is 129 Å². The molecule has 1 aromatic carbocycles. The minimum absolute atomic E-state index is 0.226. The fourth-order valence-electron chi connectivity index (χ4n) is 2.65. The first-order valence-electron chi connectivity index (χ1n) is 7.80. The standard InChI is InChI=1S/C17H20N2O3/c1-2-11-21-15-10-6-4-8-13(15)16(20)18-17-12-7-3-5-9-14(12)19-22-17/h4,6,8,10H,2-3,5,7,9,11H2,1H3,(H,18,20). The molecule has 1 heterocycles. The van der Waals surface area contributed by atoms with E-state index in [4.69, 9.17) is 9.26 Å². The van der Waals surface area contributed by atoms with Crippen molar-refractivity contribution in [1.82, 2.24) is 5.16 Å². The lowest BCUT2D eigenvalue weighted by Crippen LogP contribution is -2.15. The number of aryl methyl sites for hydroxylation is 1. The third kappa shape index (κ3) is 2.98. The predicted octanol–water partition coefficient (Wildman–Crippen LogP) is 3.59. The summed E-state index contributed by atoms with van der Waals surface area (Å²) in [6.07, 6.45) is 4.95. The van der Waals surface area contributed by atoms with E-state index in [0.29, 0.717) is 23.8 Å². The summed E-state index contributed by atoms with van der Waals surface area (Å²) in [6, 6.07) is 7.24. The van der Waals surface area contributed by atoms with Gasteiger partial charge < -0.3 is 9.26 Å². The number of nitrogens with one attached hydrogen (secondary N) is 1. The highest BCUT2D eigenvalue weighted by molar-refractivity contribution is 6.05. The van der Waals surface area contributed by atoms with Gasteiger partial charge in [-0.15, -0.1) is 0 Å². The van der Waals surface area contributed by atoms with Gasteiger partial charge >= 0.3 is 0 Å². The van der Waals surface area contributed by atoms with E-state index in [1.54, 1.807) is 12.1 Å². The quantitative estimate of drug-likeness (QED) is 0.916. The molecule has 5 nitrogen and oxygen atoms in total. The Bertz CT molecular complexity index is 664. The summed E-state index contributed by atoms with van der Waals surface area (Å²) in [4.78, 5) is 12.5. The lowest BCUT2D eigenvalue weighted by Gasteiger charge is -2.12. The summed E-state index contributed by atoms with van der Waals surface area (Å²) in [5.74, 6) is 0.844. The van der Waals surface area contributed by atoms with Gasteiger partial charge in [0.1, 0.15) is 5.75 Å². The fourth-order valence-corrected chi connectivity index (χ4v) is 2.65. The van der Waals surface area contributed by atoms with E-state index >= 15 is 0 Å². The van der Waals surface area contributed by atoms with Crippen molar-refractivity contribution in [2.45, 2.75) is 39.0 Å². The summed E-state index contributed by atoms with van der Waals surface area (Å²) in [5, 5.41) is 6.89. The number of ether oxygens (including phenoxy) is 1. The van der Waals surface area contributed by atoms with Crippen molar-refractivity contribution in [3.8, 4) is 5.75 Å². The van der Waals surface area contributed by atoms with Gasteiger partial charge in [-0.2, -0.15) is 0 Å². The topological polar surface area (TPSA) is 64.4 Å². The van der Waals surface area contributed by atoms with Gasteiger partial charge in [0.2, 0.25) is 5.88 Å². The molecule has 1 aliphatic rings. The molecule has 0 fully saturated rings. The molecule has 2 aromatic rings. The zero-order valence-corrected chi connectivity index (χ0v) is 12.7. The Morgan fingerprint density at radius 1 is 1.32 bits per heavy atom. The molecule has 0 saturated carbocycles. The highest BCUT2D eigenvalue weighted by Crippen LogP contribution is 2.28. The molecule has 0 saturated heterocycles. The normalized spacial score (nSPS) is 13.5. The lowest BCUT2D eigenvalue weighted by molar-refractivity contribution is 0.101. The number of rotatable bonds is 5. The SMILES string of the molecule is CCCOc1ccccc1C(=O)Nc1onc2c1CCCC2. The van der Waals surface area contributed by atoms with Crippen molar-refractivity contribution in [1.29, 1.82) is 0 Å². The van der Waals surface area contributed by atoms with Gasteiger partial charge in [0, 0.05) is 5.56 Å². The van der Waals surface area contributed by atoms with Crippen LogP contribution in [0.25, 0.3) is 0 Å². The van der Waals surface area contributed by atoms with Crippen LogP contribution in [0.5, 0.6) is 5.75 Å². The van der Waals surface area contributed by atoms with Crippen molar-refractivity contribution in [3.05, 3.63) is 41.1 Å². The highest BCUT2D eigenvalue weighted by Gasteiger charge is 2.22. The average Bonchev–Trinajstić information content (AvgIpc) is 2.96. The molecule has 1 amide bonds. The van der Waals surface area contributed by atoms with Gasteiger partial charge in [-0.05, 0) is 44.2 Å². The predicted molar refractivity (Wildman–Crippen MR) is 83.3 cm³/mol. The molecule has 22 heavy (non-hydrogen) atoms. The van der Waals surface area contributed by atoms with Crippen molar-refractivity contribution >= 4 is 11.8 Å². The van der Waals surface area contributed by atoms with Crippen LogP contribution in [0.15, 0.2) is 28.8 Å². The molecule has 0 bridgehead atoms. The third-order valence-corrected chi connectivity index (χ3v) is 3.78. The van der Waals surface area contributed by atoms with Crippen LogP contribution in [0.4, 0.5) is 5.88 Å². The summed E-state index contributed by atoms with van der Waals surface area (Å²) in [6.45, 7) is 2.62. The maximum atomic E-state index is 12.5. The smallest absolute Gasteiger partial charge is 0.261 e. The Morgan fingerprint density at radius 2 is 2.14 bits per heavy atom. The lowest BCUT2D eigenvalue weighted by atomic mass is 9.97. The minimum Gasteiger partial charge on any atom is -0.493 e. The van der Waals surface area contributed by atoms with Gasteiger partial charge in [0.05, 0.1) is 17.9 Å². The average molecular weight is 300 g/mol. The maximum absolute atomic E-state index is 12.5. The second kappa shape index (κ2) is 6.64. The Hall–Kier alpha value is -2.30. The Kier molecular flexibility index (Phi) is 4.42. The number of hydrogen-bond donors (Lipinski definition) is 1. The first-order valence-corrected chi connectivity index (χ1v) is 7.80. The Balaban J connectivity index is 1.79. The molecule has 3 rings (SSSR count). The maximum Gasteiger partial charge on any atom is 0.261 e. The highest BCUT2D eigenvalue weighted by atomic mass is 16.5. The van der Waals surface area contributed by atoms with Crippen molar-refractivity contribution in [3.63, 3.8) is 0 Å². The van der Waals surface area contributed by atoms with E-state index in [1.165, 1.54) is 0 Å². The largest absolute Gasteiger partial charge is 0.493 e. The number of para-hydroxylation sites is 1. The van der Waals surface area contributed by atoms with Crippen LogP contribution in [0, 0.1) is 0 Å². The number of carbonyl (C=O) groups is 1. The first-order chi connectivity index (χ1) is 10.8. The summed E-state index contributed by atoms with van der Waals surface area (Å²) < 4.78 is 10.9. The third-order valence-electron chi connectivity index (χ3n) is 3.78. The molecule has 0 unspecified atom stereocenters. The number of carbonyl (C=O) groups excluding carboxylic acids is 1. The Morgan fingerprint density at radius 3 is 3.00 bits per heavy atom. The molecular formula is C17H20N2O3. The summed E-state index contributed by atoms with van der Waals surface area (Å²) >= 11 is 0. The van der Waals surface area contributed by atoms with Gasteiger partial charge in [0.15, 0.2) is 0 Å². The molecule has 0 aliphatic heterocycles. The van der Waals surface area contributed by atoms with E-state index in [9.17, 15) is 4.79 Å². The molecular weight excluding hydrogens is 280 g/mol. The summed E-state index contributed by atoms with van der Waals surface area (Å²) in [5.41, 5.74) is 2.51. The first kappa shape index (κ1) is 14.6. The number of fused-ring (bicyclic) bond motifs is 1.